The summed E-state index contributed by atoms with van der Waals surface area (Å²) in [6, 6.07) is 10.2. The molecule has 0 radical (unpaired) electrons. The molecule has 1 unspecified atom stereocenters. The lowest BCUT2D eigenvalue weighted by molar-refractivity contribution is 0.406. The fourth-order valence-corrected chi connectivity index (χ4v) is 2.48. The maximum Gasteiger partial charge on any atom is 0.128 e. The van der Waals surface area contributed by atoms with Crippen LogP contribution >= 0.6 is 0 Å². The Balaban J connectivity index is 2.08. The highest BCUT2D eigenvalue weighted by atomic mass is 16.5. The largest absolute Gasteiger partial charge is 0.496 e. The van der Waals surface area contributed by atoms with Gasteiger partial charge in [-0.15, -0.1) is 0 Å². The number of pyridine rings is 1. The van der Waals surface area contributed by atoms with E-state index < -0.39 is 0 Å². The molecule has 0 spiro atoms. The molecule has 20 heavy (non-hydrogen) atoms. The molecule has 3 nitrogen and oxygen atoms in total. The van der Waals surface area contributed by atoms with Gasteiger partial charge in [-0.3, -0.25) is 4.98 Å². The summed E-state index contributed by atoms with van der Waals surface area (Å²) in [7, 11) is 1.70. The van der Waals surface area contributed by atoms with Gasteiger partial charge in [-0.2, -0.15) is 0 Å². The van der Waals surface area contributed by atoms with Gasteiger partial charge < -0.3 is 10.5 Å². The van der Waals surface area contributed by atoms with E-state index in [9.17, 15) is 0 Å². The number of hydrogen-bond donors (Lipinski definition) is 1. The molecule has 0 aliphatic heterocycles. The summed E-state index contributed by atoms with van der Waals surface area (Å²) in [5, 5.41) is 0. The van der Waals surface area contributed by atoms with Gasteiger partial charge >= 0.3 is 0 Å². The first-order valence-electron chi connectivity index (χ1n) is 6.93. The normalized spacial score (nSPS) is 12.2. The monoisotopic (exact) mass is 270 g/mol. The predicted molar refractivity (Wildman–Crippen MR) is 82.0 cm³/mol. The van der Waals surface area contributed by atoms with Gasteiger partial charge in [0.1, 0.15) is 5.75 Å². The van der Waals surface area contributed by atoms with Crippen molar-refractivity contribution in [2.45, 2.75) is 32.7 Å². The summed E-state index contributed by atoms with van der Waals surface area (Å²) in [5.74, 6) is 0.934. The van der Waals surface area contributed by atoms with Gasteiger partial charge in [-0.1, -0.05) is 30.3 Å². The van der Waals surface area contributed by atoms with Crippen LogP contribution in [-0.4, -0.2) is 12.1 Å². The molecule has 0 aliphatic carbocycles. The Bertz CT molecular complexity index is 567. The highest BCUT2D eigenvalue weighted by Crippen LogP contribution is 2.26. The van der Waals surface area contributed by atoms with Crippen LogP contribution < -0.4 is 10.5 Å². The molecule has 0 amide bonds. The number of rotatable bonds is 5. The third-order valence-corrected chi connectivity index (χ3v) is 3.67. The van der Waals surface area contributed by atoms with Gasteiger partial charge in [0.15, 0.2) is 0 Å². The van der Waals surface area contributed by atoms with Crippen LogP contribution in [0.3, 0.4) is 0 Å². The SMILES string of the molecule is COc1c(C)cnc(CCC(N)c2ccccc2)c1C. The molecule has 2 rings (SSSR count). The quantitative estimate of drug-likeness (QED) is 0.906. The van der Waals surface area contributed by atoms with Crippen molar-refractivity contribution in [3.63, 3.8) is 0 Å². The number of benzene rings is 1. The molecule has 0 bridgehead atoms. The average Bonchev–Trinajstić information content (AvgIpc) is 2.47. The number of methoxy groups -OCH3 is 1. The highest BCUT2D eigenvalue weighted by molar-refractivity contribution is 5.41. The van der Waals surface area contributed by atoms with Crippen LogP contribution in [0.5, 0.6) is 5.75 Å². The Kier molecular flexibility index (Phi) is 4.74. The molecule has 1 aromatic heterocycles. The highest BCUT2D eigenvalue weighted by Gasteiger charge is 2.11. The molecular weight excluding hydrogens is 248 g/mol. The standard InChI is InChI=1S/C17H22N2O/c1-12-11-19-16(13(2)17(12)20-3)10-9-15(18)14-7-5-4-6-8-14/h4-8,11,15H,9-10,18H2,1-3H3. The first-order chi connectivity index (χ1) is 9.63. The van der Waals surface area contributed by atoms with Crippen molar-refractivity contribution in [3.05, 3.63) is 58.9 Å². The molecule has 1 aromatic carbocycles. The second kappa shape index (κ2) is 6.53. The van der Waals surface area contributed by atoms with Gasteiger partial charge in [0, 0.05) is 29.1 Å². The first-order valence-corrected chi connectivity index (χ1v) is 6.93. The van der Waals surface area contributed by atoms with Crippen LogP contribution in [0, 0.1) is 13.8 Å². The van der Waals surface area contributed by atoms with Crippen LogP contribution in [0.4, 0.5) is 0 Å². The van der Waals surface area contributed by atoms with Crippen molar-refractivity contribution in [3.8, 4) is 5.75 Å². The number of ether oxygens (including phenoxy) is 1. The third-order valence-electron chi connectivity index (χ3n) is 3.67. The summed E-state index contributed by atoms with van der Waals surface area (Å²) in [4.78, 5) is 4.52. The summed E-state index contributed by atoms with van der Waals surface area (Å²) in [5.41, 5.74) is 10.7. The smallest absolute Gasteiger partial charge is 0.128 e. The Hall–Kier alpha value is -1.87. The molecule has 1 atom stereocenters. The molecule has 0 saturated carbocycles. The van der Waals surface area contributed by atoms with Crippen molar-refractivity contribution in [1.29, 1.82) is 0 Å². The maximum absolute atomic E-state index is 6.23. The Morgan fingerprint density at radius 1 is 1.20 bits per heavy atom. The molecule has 2 N–H and O–H groups in total. The Morgan fingerprint density at radius 2 is 1.90 bits per heavy atom. The van der Waals surface area contributed by atoms with Crippen molar-refractivity contribution in [1.82, 2.24) is 4.98 Å². The summed E-state index contributed by atoms with van der Waals surface area (Å²) >= 11 is 0. The lowest BCUT2D eigenvalue weighted by atomic mass is 9.99. The van der Waals surface area contributed by atoms with E-state index in [0.29, 0.717) is 0 Å². The third kappa shape index (κ3) is 3.17. The van der Waals surface area contributed by atoms with Gasteiger partial charge in [0.25, 0.3) is 0 Å². The minimum Gasteiger partial charge on any atom is -0.496 e. The number of nitrogens with zero attached hydrogens (tertiary/aromatic N) is 1. The van der Waals surface area contributed by atoms with Gasteiger partial charge in [-0.05, 0) is 32.3 Å². The Labute approximate surface area is 120 Å². The Morgan fingerprint density at radius 3 is 2.55 bits per heavy atom. The van der Waals surface area contributed by atoms with Gasteiger partial charge in [0.2, 0.25) is 0 Å². The first kappa shape index (κ1) is 14.5. The summed E-state index contributed by atoms with van der Waals surface area (Å²) < 4.78 is 5.44. The van der Waals surface area contributed by atoms with E-state index in [4.69, 9.17) is 10.5 Å². The maximum atomic E-state index is 6.23. The van der Waals surface area contributed by atoms with E-state index in [1.54, 1.807) is 7.11 Å². The van der Waals surface area contributed by atoms with Crippen LogP contribution in [0.25, 0.3) is 0 Å². The second-order valence-corrected chi connectivity index (χ2v) is 5.10. The molecule has 3 heteroatoms. The number of nitrogens with two attached hydrogens (primary N) is 1. The topological polar surface area (TPSA) is 48.1 Å². The van der Waals surface area contributed by atoms with Crippen molar-refractivity contribution in [2.75, 3.05) is 7.11 Å². The zero-order valence-corrected chi connectivity index (χ0v) is 12.4. The van der Waals surface area contributed by atoms with E-state index in [0.717, 1.165) is 35.4 Å². The second-order valence-electron chi connectivity index (χ2n) is 5.10. The molecule has 2 aromatic rings. The van der Waals surface area contributed by atoms with Gasteiger partial charge in [0.05, 0.1) is 7.11 Å². The summed E-state index contributed by atoms with van der Waals surface area (Å²) in [6.45, 7) is 4.07. The average molecular weight is 270 g/mol. The molecule has 1 heterocycles. The van der Waals surface area contributed by atoms with Crippen molar-refractivity contribution < 1.29 is 4.74 Å². The number of hydrogen-bond acceptors (Lipinski definition) is 3. The van der Waals surface area contributed by atoms with E-state index >= 15 is 0 Å². The van der Waals surface area contributed by atoms with Crippen LogP contribution in [0.1, 0.15) is 34.8 Å². The number of aromatic nitrogens is 1. The van der Waals surface area contributed by atoms with Crippen molar-refractivity contribution in [2.24, 2.45) is 5.73 Å². The van der Waals surface area contributed by atoms with Crippen LogP contribution in [0.15, 0.2) is 36.5 Å². The number of aryl methyl sites for hydroxylation is 2. The molecular formula is C17H22N2O. The zero-order chi connectivity index (χ0) is 14.5. The molecule has 0 aliphatic rings. The minimum absolute atomic E-state index is 0.0460. The van der Waals surface area contributed by atoms with Gasteiger partial charge in [-0.25, -0.2) is 0 Å². The van der Waals surface area contributed by atoms with E-state index in [-0.39, 0.29) is 6.04 Å². The van der Waals surface area contributed by atoms with Crippen LogP contribution in [-0.2, 0) is 6.42 Å². The van der Waals surface area contributed by atoms with E-state index in [2.05, 4.69) is 24.0 Å². The lowest BCUT2D eigenvalue weighted by Gasteiger charge is -2.15. The molecule has 0 saturated heterocycles. The predicted octanol–water partition coefficient (Wildman–Crippen LogP) is 3.34. The summed E-state index contributed by atoms with van der Waals surface area (Å²) in [6.07, 6.45) is 3.61. The van der Waals surface area contributed by atoms with E-state index in [1.165, 1.54) is 5.56 Å². The lowest BCUT2D eigenvalue weighted by Crippen LogP contribution is -2.12. The fourth-order valence-electron chi connectivity index (χ4n) is 2.48. The molecule has 0 fully saturated rings. The zero-order valence-electron chi connectivity index (χ0n) is 12.4. The molecule has 106 valence electrons. The van der Waals surface area contributed by atoms with E-state index in [1.807, 2.05) is 31.3 Å². The van der Waals surface area contributed by atoms with Crippen molar-refractivity contribution >= 4 is 0 Å². The van der Waals surface area contributed by atoms with Crippen LogP contribution in [0.2, 0.25) is 0 Å². The minimum atomic E-state index is 0.0460. The fraction of sp³-hybridized carbons (Fsp3) is 0.353.